The van der Waals surface area contributed by atoms with E-state index < -0.39 is 0 Å². The number of rotatable bonds is 2. The Morgan fingerprint density at radius 2 is 2.43 bits per heavy atom. The largest absolute Gasteiger partial charge is 0.291 e. The van der Waals surface area contributed by atoms with Crippen molar-refractivity contribution in [3.63, 3.8) is 0 Å². The minimum absolute atomic E-state index is 0.102. The number of allylic oxidation sites excluding steroid dienone is 1. The molecule has 3 nitrogen and oxygen atoms in total. The number of halogens is 3. The Kier molecular flexibility index (Phi) is 4.40. The molecule has 0 N–H and O–H groups in total. The monoisotopic (exact) mass is 344 g/mol. The van der Waals surface area contributed by atoms with E-state index in [4.69, 9.17) is 23.2 Å². The summed E-state index contributed by atoms with van der Waals surface area (Å²) in [5, 5.41) is 0.403. The van der Waals surface area contributed by atoms with Crippen LogP contribution in [0.3, 0.4) is 0 Å². The molecule has 0 bridgehead atoms. The molecule has 0 aromatic carbocycles. The molecule has 76 valence electrons. The van der Waals surface area contributed by atoms with Crippen LogP contribution in [0.5, 0.6) is 0 Å². The Morgan fingerprint density at radius 1 is 1.79 bits per heavy atom. The smallest absolute Gasteiger partial charge is 0.267 e. The molecule has 0 aliphatic heterocycles. The second-order valence-electron chi connectivity index (χ2n) is 2.60. The SMILES string of the molecule is Cc1ncc(I)c(=O)n1CC(Cl)=CCl. The molecule has 0 spiro atoms. The maximum Gasteiger partial charge on any atom is 0.267 e. The zero-order valence-corrected chi connectivity index (χ0v) is 11.0. The van der Waals surface area contributed by atoms with Gasteiger partial charge in [0.15, 0.2) is 0 Å². The maximum absolute atomic E-state index is 11.6. The second-order valence-corrected chi connectivity index (χ2v) is 4.47. The van der Waals surface area contributed by atoms with E-state index in [0.29, 0.717) is 14.4 Å². The number of nitrogens with zero attached hydrogens (tertiary/aromatic N) is 2. The molecule has 1 heterocycles. The van der Waals surface area contributed by atoms with Crippen molar-refractivity contribution in [2.45, 2.75) is 13.5 Å². The first-order chi connectivity index (χ1) is 6.56. The minimum atomic E-state index is -0.102. The van der Waals surface area contributed by atoms with E-state index in [0.717, 1.165) is 0 Å². The third-order valence-corrected chi connectivity index (χ3v) is 2.98. The number of hydrogen-bond acceptors (Lipinski definition) is 2. The lowest BCUT2D eigenvalue weighted by molar-refractivity contribution is 0.702. The van der Waals surface area contributed by atoms with Gasteiger partial charge in [-0.05, 0) is 29.5 Å². The lowest BCUT2D eigenvalue weighted by atomic mass is 10.5. The van der Waals surface area contributed by atoms with Gasteiger partial charge in [-0.25, -0.2) is 4.98 Å². The van der Waals surface area contributed by atoms with E-state index in [2.05, 4.69) is 4.98 Å². The fourth-order valence-corrected chi connectivity index (χ4v) is 1.54. The molecule has 0 aliphatic rings. The van der Waals surface area contributed by atoms with Gasteiger partial charge in [0.05, 0.1) is 10.1 Å². The predicted molar refractivity (Wildman–Crippen MR) is 65.7 cm³/mol. The van der Waals surface area contributed by atoms with Crippen molar-refractivity contribution in [1.82, 2.24) is 9.55 Å². The van der Waals surface area contributed by atoms with Crippen molar-refractivity contribution in [1.29, 1.82) is 0 Å². The summed E-state index contributed by atoms with van der Waals surface area (Å²) < 4.78 is 2.04. The molecule has 1 aromatic rings. The van der Waals surface area contributed by atoms with Gasteiger partial charge in [0, 0.05) is 16.8 Å². The van der Waals surface area contributed by atoms with Crippen LogP contribution in [0.15, 0.2) is 21.6 Å². The fraction of sp³-hybridized carbons (Fsp3) is 0.250. The lowest BCUT2D eigenvalue weighted by Gasteiger charge is -2.07. The Labute approximate surface area is 105 Å². The quantitative estimate of drug-likeness (QED) is 0.772. The molecule has 0 saturated carbocycles. The van der Waals surface area contributed by atoms with Gasteiger partial charge in [0.1, 0.15) is 5.82 Å². The van der Waals surface area contributed by atoms with Gasteiger partial charge < -0.3 is 0 Å². The van der Waals surface area contributed by atoms with Crippen LogP contribution in [0.4, 0.5) is 0 Å². The second kappa shape index (κ2) is 5.14. The first-order valence-corrected chi connectivity index (χ1v) is 5.62. The van der Waals surface area contributed by atoms with Crippen molar-refractivity contribution in [3.8, 4) is 0 Å². The van der Waals surface area contributed by atoms with E-state index in [1.54, 1.807) is 6.92 Å². The summed E-state index contributed by atoms with van der Waals surface area (Å²) in [4.78, 5) is 15.7. The normalized spacial score (nSPS) is 11.9. The van der Waals surface area contributed by atoms with Gasteiger partial charge in [-0.3, -0.25) is 9.36 Å². The molecule has 14 heavy (non-hydrogen) atoms. The number of aryl methyl sites for hydroxylation is 1. The highest BCUT2D eigenvalue weighted by Crippen LogP contribution is 2.07. The van der Waals surface area contributed by atoms with Gasteiger partial charge in [-0.1, -0.05) is 23.2 Å². The zero-order chi connectivity index (χ0) is 10.7. The third-order valence-electron chi connectivity index (χ3n) is 1.63. The molecule has 1 rings (SSSR count). The Balaban J connectivity index is 3.20. The first-order valence-electron chi connectivity index (χ1n) is 3.73. The molecule has 0 fully saturated rings. The highest BCUT2D eigenvalue weighted by Gasteiger charge is 2.05. The van der Waals surface area contributed by atoms with Gasteiger partial charge in [-0.15, -0.1) is 0 Å². The fourth-order valence-electron chi connectivity index (χ4n) is 0.923. The topological polar surface area (TPSA) is 34.9 Å². The van der Waals surface area contributed by atoms with Crippen molar-refractivity contribution >= 4 is 45.8 Å². The molecule has 1 aromatic heterocycles. The maximum atomic E-state index is 11.6. The molecule has 0 amide bonds. The van der Waals surface area contributed by atoms with Crippen molar-refractivity contribution in [2.24, 2.45) is 0 Å². The van der Waals surface area contributed by atoms with E-state index in [1.807, 2.05) is 22.6 Å². The van der Waals surface area contributed by atoms with Gasteiger partial charge >= 0.3 is 0 Å². The Morgan fingerprint density at radius 3 is 3.00 bits per heavy atom. The van der Waals surface area contributed by atoms with Crippen LogP contribution >= 0.6 is 45.8 Å². The molecule has 0 atom stereocenters. The Hall–Kier alpha value is -0.0700. The molecule has 0 radical (unpaired) electrons. The summed E-state index contributed by atoms with van der Waals surface area (Å²) in [6.45, 7) is 2.01. The van der Waals surface area contributed by atoms with E-state index in [-0.39, 0.29) is 12.1 Å². The average molecular weight is 345 g/mol. The minimum Gasteiger partial charge on any atom is -0.291 e. The summed E-state index contributed by atoms with van der Waals surface area (Å²) in [7, 11) is 0. The zero-order valence-electron chi connectivity index (χ0n) is 7.30. The van der Waals surface area contributed by atoms with Gasteiger partial charge in [-0.2, -0.15) is 0 Å². The average Bonchev–Trinajstić information content (AvgIpc) is 2.18. The van der Waals surface area contributed by atoms with Crippen LogP contribution in [-0.4, -0.2) is 9.55 Å². The molecule has 6 heteroatoms. The van der Waals surface area contributed by atoms with E-state index >= 15 is 0 Å². The van der Waals surface area contributed by atoms with Gasteiger partial charge in [0.25, 0.3) is 5.56 Å². The van der Waals surface area contributed by atoms with Crippen molar-refractivity contribution in [3.05, 3.63) is 36.5 Å². The Bertz CT molecular complexity index is 428. The molecule has 0 aliphatic carbocycles. The number of aromatic nitrogens is 2. The van der Waals surface area contributed by atoms with Crippen molar-refractivity contribution in [2.75, 3.05) is 0 Å². The molecular formula is C8H7Cl2IN2O. The molecular weight excluding hydrogens is 338 g/mol. The van der Waals surface area contributed by atoms with Crippen LogP contribution in [0.25, 0.3) is 0 Å². The van der Waals surface area contributed by atoms with Crippen LogP contribution < -0.4 is 5.56 Å². The summed E-state index contributed by atoms with van der Waals surface area (Å²) >= 11 is 13.1. The summed E-state index contributed by atoms with van der Waals surface area (Å²) in [5.41, 5.74) is 1.14. The first kappa shape index (κ1) is 12.0. The summed E-state index contributed by atoms with van der Waals surface area (Å²) in [6.07, 6.45) is 1.53. The molecule has 0 saturated heterocycles. The highest BCUT2D eigenvalue weighted by molar-refractivity contribution is 14.1. The standard InChI is InChI=1S/C8H7Cl2IN2O/c1-5-12-3-7(11)8(14)13(5)4-6(10)2-9/h2-3H,4H2,1H3. The van der Waals surface area contributed by atoms with Crippen molar-refractivity contribution < 1.29 is 0 Å². The predicted octanol–water partition coefficient (Wildman–Crippen LogP) is 2.48. The van der Waals surface area contributed by atoms with Crippen LogP contribution in [0, 0.1) is 10.5 Å². The lowest BCUT2D eigenvalue weighted by Crippen LogP contribution is -2.25. The van der Waals surface area contributed by atoms with Gasteiger partial charge in [0.2, 0.25) is 0 Å². The highest BCUT2D eigenvalue weighted by atomic mass is 127. The van der Waals surface area contributed by atoms with Crippen LogP contribution in [0.1, 0.15) is 5.82 Å². The van der Waals surface area contributed by atoms with Crippen LogP contribution in [-0.2, 0) is 6.54 Å². The summed E-state index contributed by atoms with van der Waals surface area (Å²) in [6, 6.07) is 0. The van der Waals surface area contributed by atoms with Crippen LogP contribution in [0.2, 0.25) is 0 Å². The molecule has 0 unspecified atom stereocenters. The summed E-state index contributed by atoms with van der Waals surface area (Å²) in [5.74, 6) is 0.618. The van der Waals surface area contributed by atoms with E-state index in [9.17, 15) is 4.79 Å². The third kappa shape index (κ3) is 2.71. The van der Waals surface area contributed by atoms with E-state index in [1.165, 1.54) is 16.3 Å². The number of hydrogen-bond donors (Lipinski definition) is 0.